The van der Waals surface area contributed by atoms with E-state index in [1.807, 2.05) is 30.7 Å². The second-order valence-corrected chi connectivity index (χ2v) is 8.64. The smallest absolute Gasteiger partial charge is 0.406 e. The summed E-state index contributed by atoms with van der Waals surface area (Å²) in [7, 11) is 1.99. The summed E-state index contributed by atoms with van der Waals surface area (Å²) < 4.78 is 41.7. The Bertz CT molecular complexity index is 831. The average Bonchev–Trinajstić information content (AvgIpc) is 3.11. The molecule has 2 aliphatic rings. The molecule has 0 saturated carbocycles. The predicted octanol–water partition coefficient (Wildman–Crippen LogP) is 2.61. The van der Waals surface area contributed by atoms with Crippen molar-refractivity contribution in [1.82, 2.24) is 20.0 Å². The number of rotatable bonds is 8. The van der Waals surface area contributed by atoms with E-state index in [0.717, 1.165) is 6.42 Å². The minimum Gasteiger partial charge on any atom is -0.406 e. The highest BCUT2D eigenvalue weighted by Crippen LogP contribution is 2.30. The first kappa shape index (κ1) is 25.3. The fourth-order valence-corrected chi connectivity index (χ4v) is 4.93. The zero-order valence-electron chi connectivity index (χ0n) is 19.4. The molecule has 1 aromatic rings. The number of alkyl halides is 3. The molecule has 184 valence electrons. The van der Waals surface area contributed by atoms with Crippen molar-refractivity contribution < 1.29 is 27.5 Å². The number of carbonyl (C=O) groups excluding carboxylic acids is 2. The molecule has 1 N–H and O–H groups in total. The SMILES string of the molecule is CCN(CC)C(=O)CC[C@@H]1CNC(=O)[C@H]2[C@@H](CCN2Cc2cccc(OC(F)(F)F)c2)N1C. The number of benzene rings is 1. The van der Waals surface area contributed by atoms with Crippen molar-refractivity contribution in [3.63, 3.8) is 0 Å². The van der Waals surface area contributed by atoms with Gasteiger partial charge in [-0.25, -0.2) is 0 Å². The van der Waals surface area contributed by atoms with Crippen molar-refractivity contribution in [3.8, 4) is 5.75 Å². The molecule has 7 nitrogen and oxygen atoms in total. The summed E-state index contributed by atoms with van der Waals surface area (Å²) in [6, 6.07) is 5.51. The Morgan fingerprint density at radius 2 is 2.00 bits per heavy atom. The number of halogens is 3. The van der Waals surface area contributed by atoms with Crippen molar-refractivity contribution in [2.45, 2.75) is 64.1 Å². The van der Waals surface area contributed by atoms with Gasteiger partial charge in [0.1, 0.15) is 11.8 Å². The molecule has 2 heterocycles. The third kappa shape index (κ3) is 6.38. The lowest BCUT2D eigenvalue weighted by molar-refractivity contribution is -0.274. The van der Waals surface area contributed by atoms with Crippen LogP contribution in [0.1, 0.15) is 38.7 Å². The molecule has 0 aliphatic carbocycles. The van der Waals surface area contributed by atoms with Gasteiger partial charge in [0.15, 0.2) is 0 Å². The zero-order chi connectivity index (χ0) is 24.2. The van der Waals surface area contributed by atoms with E-state index in [1.165, 1.54) is 18.2 Å². The molecule has 2 fully saturated rings. The Hall–Kier alpha value is -2.33. The van der Waals surface area contributed by atoms with Gasteiger partial charge in [0.2, 0.25) is 11.8 Å². The van der Waals surface area contributed by atoms with Gasteiger partial charge < -0.3 is 15.0 Å². The summed E-state index contributed by atoms with van der Waals surface area (Å²) in [5.74, 6) is -0.227. The van der Waals surface area contributed by atoms with Gasteiger partial charge in [0.05, 0.1) is 0 Å². The van der Waals surface area contributed by atoms with Crippen molar-refractivity contribution in [2.75, 3.05) is 33.2 Å². The first-order valence-corrected chi connectivity index (χ1v) is 11.5. The molecule has 2 amide bonds. The van der Waals surface area contributed by atoms with Crippen molar-refractivity contribution in [1.29, 1.82) is 0 Å². The largest absolute Gasteiger partial charge is 0.573 e. The molecule has 0 bridgehead atoms. The van der Waals surface area contributed by atoms with Crippen LogP contribution in [0.4, 0.5) is 13.2 Å². The van der Waals surface area contributed by atoms with Crippen LogP contribution in [0.3, 0.4) is 0 Å². The van der Waals surface area contributed by atoms with Crippen LogP contribution in [0, 0.1) is 0 Å². The second kappa shape index (κ2) is 10.7. The molecule has 2 saturated heterocycles. The van der Waals surface area contributed by atoms with Crippen molar-refractivity contribution in [2.24, 2.45) is 0 Å². The standard InChI is InChI=1S/C23H33F3N4O3/c1-4-29(5-2)20(31)10-9-17-14-27-22(32)21-19(28(17)3)11-12-30(21)15-16-7-6-8-18(13-16)33-23(24,25)26/h6-8,13,17,19,21H,4-5,9-12,14-15H2,1-3H3,(H,27,32)/t17-,19-,21-/m1/s1. The van der Waals surface area contributed by atoms with Crippen LogP contribution in [0.5, 0.6) is 5.75 Å². The van der Waals surface area contributed by atoms with E-state index in [2.05, 4.69) is 15.0 Å². The Kier molecular flexibility index (Phi) is 8.23. The number of hydrogen-bond donors (Lipinski definition) is 1. The maximum absolute atomic E-state index is 13.0. The van der Waals surface area contributed by atoms with Gasteiger partial charge in [-0.05, 0) is 51.4 Å². The average molecular weight is 471 g/mol. The molecule has 0 spiro atoms. The summed E-state index contributed by atoms with van der Waals surface area (Å²) in [6.45, 7) is 6.76. The molecule has 3 rings (SSSR count). The van der Waals surface area contributed by atoms with E-state index in [9.17, 15) is 22.8 Å². The molecule has 2 aliphatic heterocycles. The second-order valence-electron chi connectivity index (χ2n) is 8.64. The molecule has 0 aromatic heterocycles. The van der Waals surface area contributed by atoms with Gasteiger partial charge in [-0.2, -0.15) is 0 Å². The number of amides is 2. The van der Waals surface area contributed by atoms with Crippen LogP contribution in [0.25, 0.3) is 0 Å². The first-order valence-electron chi connectivity index (χ1n) is 11.5. The third-order valence-corrected chi connectivity index (χ3v) is 6.67. The number of likely N-dealkylation sites (N-methyl/N-ethyl adjacent to an activating group) is 1. The molecule has 0 radical (unpaired) electrons. The van der Waals surface area contributed by atoms with Crippen LogP contribution in [0.15, 0.2) is 24.3 Å². The quantitative estimate of drug-likeness (QED) is 0.633. The van der Waals surface area contributed by atoms with E-state index in [4.69, 9.17) is 0 Å². The van der Waals surface area contributed by atoms with Gasteiger partial charge in [-0.1, -0.05) is 12.1 Å². The molecule has 1 aromatic carbocycles. The normalized spacial score (nSPS) is 24.2. The Labute approximate surface area is 192 Å². The minimum atomic E-state index is -4.75. The number of nitrogens with one attached hydrogen (secondary N) is 1. The molecule has 0 unspecified atom stereocenters. The number of likely N-dealkylation sites (tertiary alicyclic amines) is 1. The van der Waals surface area contributed by atoms with Crippen LogP contribution >= 0.6 is 0 Å². The Morgan fingerprint density at radius 3 is 2.67 bits per heavy atom. The lowest BCUT2D eigenvalue weighted by Crippen LogP contribution is -2.49. The molecular formula is C23H33F3N4O3. The highest BCUT2D eigenvalue weighted by Gasteiger charge is 2.45. The van der Waals surface area contributed by atoms with Gasteiger partial charge in [-0.3, -0.25) is 19.4 Å². The van der Waals surface area contributed by atoms with E-state index in [0.29, 0.717) is 51.1 Å². The monoisotopic (exact) mass is 470 g/mol. The molecule has 10 heteroatoms. The van der Waals surface area contributed by atoms with Crippen LogP contribution in [-0.2, 0) is 16.1 Å². The van der Waals surface area contributed by atoms with Gasteiger partial charge >= 0.3 is 6.36 Å². The van der Waals surface area contributed by atoms with Gasteiger partial charge in [-0.15, -0.1) is 13.2 Å². The number of nitrogens with zero attached hydrogens (tertiary/aromatic N) is 3. The van der Waals surface area contributed by atoms with E-state index >= 15 is 0 Å². The zero-order valence-corrected chi connectivity index (χ0v) is 19.4. The molecule has 3 atom stereocenters. The number of fused-ring (bicyclic) bond motifs is 1. The maximum atomic E-state index is 13.0. The van der Waals surface area contributed by atoms with Gasteiger partial charge in [0, 0.05) is 51.2 Å². The maximum Gasteiger partial charge on any atom is 0.573 e. The summed E-state index contributed by atoms with van der Waals surface area (Å²) in [6.07, 6.45) is -2.89. The number of carbonyl (C=O) groups is 2. The summed E-state index contributed by atoms with van der Waals surface area (Å²) in [5, 5.41) is 3.01. The summed E-state index contributed by atoms with van der Waals surface area (Å²) in [4.78, 5) is 31.4. The van der Waals surface area contributed by atoms with Gasteiger partial charge in [0.25, 0.3) is 0 Å². The first-order chi connectivity index (χ1) is 15.6. The van der Waals surface area contributed by atoms with Crippen molar-refractivity contribution >= 4 is 11.8 Å². The summed E-state index contributed by atoms with van der Waals surface area (Å²) >= 11 is 0. The van der Waals surface area contributed by atoms with Crippen molar-refractivity contribution in [3.05, 3.63) is 29.8 Å². The molecule has 33 heavy (non-hydrogen) atoms. The summed E-state index contributed by atoms with van der Waals surface area (Å²) in [5.41, 5.74) is 0.651. The minimum absolute atomic E-state index is 0.0179. The van der Waals surface area contributed by atoms with Crippen LogP contribution in [0.2, 0.25) is 0 Å². The Balaban J connectivity index is 1.66. The third-order valence-electron chi connectivity index (χ3n) is 6.67. The van der Waals surface area contributed by atoms with E-state index in [1.54, 1.807) is 6.07 Å². The Morgan fingerprint density at radius 1 is 1.27 bits per heavy atom. The predicted molar refractivity (Wildman–Crippen MR) is 117 cm³/mol. The topological polar surface area (TPSA) is 65.1 Å². The number of hydrogen-bond acceptors (Lipinski definition) is 5. The lowest BCUT2D eigenvalue weighted by atomic mass is 10.0. The number of ether oxygens (including phenoxy) is 1. The molecular weight excluding hydrogens is 437 g/mol. The van der Waals surface area contributed by atoms with E-state index < -0.39 is 12.4 Å². The highest BCUT2D eigenvalue weighted by molar-refractivity contribution is 5.83. The fourth-order valence-electron chi connectivity index (χ4n) is 4.93. The lowest BCUT2D eigenvalue weighted by Gasteiger charge is -2.33. The van der Waals surface area contributed by atoms with Crippen LogP contribution in [-0.4, -0.2) is 84.2 Å². The van der Waals surface area contributed by atoms with E-state index in [-0.39, 0.29) is 29.6 Å². The fraction of sp³-hybridized carbons (Fsp3) is 0.652. The van der Waals surface area contributed by atoms with Crippen LogP contribution < -0.4 is 10.1 Å². The highest BCUT2D eigenvalue weighted by atomic mass is 19.4.